The maximum atomic E-state index is 12.2. The van der Waals surface area contributed by atoms with Crippen LogP contribution in [0.4, 0.5) is 5.69 Å². The zero-order valence-corrected chi connectivity index (χ0v) is 12.7. The molecule has 0 amide bonds. The lowest BCUT2D eigenvalue weighted by atomic mass is 10.1. The maximum absolute atomic E-state index is 12.2. The van der Waals surface area contributed by atoms with Crippen molar-refractivity contribution < 1.29 is 8.42 Å². The Kier molecular flexibility index (Phi) is 4.61. The van der Waals surface area contributed by atoms with E-state index in [9.17, 15) is 8.42 Å². The lowest BCUT2D eigenvalue weighted by molar-refractivity contribution is 0.519. The Balaban J connectivity index is 2.19. The molecule has 1 aromatic rings. The quantitative estimate of drug-likeness (QED) is 0.837. The summed E-state index contributed by atoms with van der Waals surface area (Å²) in [4.78, 5) is -0.0944. The zero-order chi connectivity index (χ0) is 14.0. The van der Waals surface area contributed by atoms with Crippen LogP contribution in [0.3, 0.4) is 0 Å². The lowest BCUT2D eigenvalue weighted by Crippen LogP contribution is -2.29. The van der Waals surface area contributed by atoms with Crippen LogP contribution in [0, 0.1) is 5.92 Å². The van der Waals surface area contributed by atoms with Gasteiger partial charge in [0, 0.05) is 12.2 Å². The van der Waals surface area contributed by atoms with Crippen LogP contribution in [0.15, 0.2) is 17.0 Å². The third-order valence-corrected chi connectivity index (χ3v) is 5.67. The number of halogens is 2. The summed E-state index contributed by atoms with van der Waals surface area (Å²) in [5, 5.41) is 0.0906. The van der Waals surface area contributed by atoms with Crippen molar-refractivity contribution in [1.29, 1.82) is 0 Å². The van der Waals surface area contributed by atoms with Crippen molar-refractivity contribution in [2.24, 2.45) is 5.92 Å². The van der Waals surface area contributed by atoms with Crippen LogP contribution >= 0.6 is 23.2 Å². The van der Waals surface area contributed by atoms with E-state index in [1.54, 1.807) is 0 Å². The molecule has 0 aliphatic heterocycles. The predicted molar refractivity (Wildman–Crippen MR) is 78.0 cm³/mol. The average molecular weight is 323 g/mol. The van der Waals surface area contributed by atoms with Crippen molar-refractivity contribution in [2.45, 2.75) is 30.6 Å². The summed E-state index contributed by atoms with van der Waals surface area (Å²) in [6, 6.07) is 2.77. The van der Waals surface area contributed by atoms with Crippen LogP contribution in [0.2, 0.25) is 10.0 Å². The van der Waals surface area contributed by atoms with Gasteiger partial charge in [-0.15, -0.1) is 0 Å². The Morgan fingerprint density at radius 3 is 2.26 bits per heavy atom. The second-order valence-corrected chi connectivity index (χ2v) is 7.33. The van der Waals surface area contributed by atoms with Crippen LogP contribution in [-0.4, -0.2) is 15.0 Å². The van der Waals surface area contributed by atoms with Crippen molar-refractivity contribution >= 4 is 38.9 Å². The second-order valence-electron chi connectivity index (χ2n) is 4.82. The average Bonchev–Trinajstić information content (AvgIpc) is 2.77. The summed E-state index contributed by atoms with van der Waals surface area (Å²) in [6.45, 7) is 0.430. The molecule has 1 saturated carbocycles. The van der Waals surface area contributed by atoms with E-state index in [-0.39, 0.29) is 14.9 Å². The van der Waals surface area contributed by atoms with Crippen molar-refractivity contribution in [1.82, 2.24) is 4.72 Å². The van der Waals surface area contributed by atoms with Crippen LogP contribution < -0.4 is 10.5 Å². The van der Waals surface area contributed by atoms with Crippen LogP contribution in [0.1, 0.15) is 25.7 Å². The maximum Gasteiger partial charge on any atom is 0.243 e. The highest BCUT2D eigenvalue weighted by atomic mass is 35.5. The van der Waals surface area contributed by atoms with Crippen molar-refractivity contribution in [3.63, 3.8) is 0 Å². The zero-order valence-electron chi connectivity index (χ0n) is 10.3. The molecule has 0 saturated heterocycles. The molecule has 0 spiro atoms. The van der Waals surface area contributed by atoms with Gasteiger partial charge in [-0.1, -0.05) is 36.0 Å². The molecule has 1 fully saturated rings. The molecular formula is C12H16Cl2N2O2S. The molecule has 1 aliphatic carbocycles. The van der Waals surface area contributed by atoms with E-state index in [1.807, 2.05) is 0 Å². The number of sulfonamides is 1. The van der Waals surface area contributed by atoms with E-state index in [2.05, 4.69) is 4.72 Å². The number of nitrogens with two attached hydrogens (primary N) is 1. The van der Waals surface area contributed by atoms with Crippen molar-refractivity contribution in [3.8, 4) is 0 Å². The summed E-state index contributed by atoms with van der Waals surface area (Å²) in [6.07, 6.45) is 4.45. The van der Waals surface area contributed by atoms with Crippen LogP contribution in [-0.2, 0) is 10.0 Å². The van der Waals surface area contributed by atoms with E-state index in [0.29, 0.717) is 18.2 Å². The Labute approximate surface area is 123 Å². The molecule has 3 N–H and O–H groups in total. The number of rotatable bonds is 4. The number of anilines is 1. The molecule has 0 atom stereocenters. The molecule has 4 nitrogen and oxygen atoms in total. The SMILES string of the molecule is Nc1cc(Cl)c(S(=O)(=O)NCC2CCCC2)c(Cl)c1. The number of nitrogen functional groups attached to an aromatic ring is 1. The van der Waals surface area contributed by atoms with E-state index in [0.717, 1.165) is 25.7 Å². The van der Waals surface area contributed by atoms with Gasteiger partial charge >= 0.3 is 0 Å². The number of hydrogen-bond acceptors (Lipinski definition) is 3. The van der Waals surface area contributed by atoms with Gasteiger partial charge in [-0.05, 0) is 30.9 Å². The first-order valence-corrected chi connectivity index (χ1v) is 8.38. The van der Waals surface area contributed by atoms with Crippen molar-refractivity contribution in [2.75, 3.05) is 12.3 Å². The van der Waals surface area contributed by atoms with Gasteiger partial charge in [0.15, 0.2) is 0 Å². The largest absolute Gasteiger partial charge is 0.399 e. The fourth-order valence-corrected chi connectivity index (χ4v) is 4.69. The minimum absolute atomic E-state index is 0.0453. The van der Waals surface area contributed by atoms with E-state index < -0.39 is 10.0 Å². The summed E-state index contributed by atoms with van der Waals surface area (Å²) in [7, 11) is -3.70. The Morgan fingerprint density at radius 1 is 1.21 bits per heavy atom. The highest BCUT2D eigenvalue weighted by Gasteiger charge is 2.24. The molecule has 0 radical (unpaired) electrons. The monoisotopic (exact) mass is 322 g/mol. The minimum atomic E-state index is -3.70. The molecule has 106 valence electrons. The molecule has 0 heterocycles. The molecule has 0 bridgehead atoms. The van der Waals surface area contributed by atoms with E-state index >= 15 is 0 Å². The number of benzene rings is 1. The topological polar surface area (TPSA) is 72.2 Å². The van der Waals surface area contributed by atoms with Crippen LogP contribution in [0.5, 0.6) is 0 Å². The van der Waals surface area contributed by atoms with Gasteiger partial charge in [0.05, 0.1) is 10.0 Å². The standard InChI is InChI=1S/C12H16Cl2N2O2S/c13-10-5-9(15)6-11(14)12(10)19(17,18)16-7-8-3-1-2-4-8/h5-6,8,16H,1-4,7,15H2. The summed E-state index contributed by atoms with van der Waals surface area (Å²) in [5.41, 5.74) is 5.90. The van der Waals surface area contributed by atoms with Crippen LogP contribution in [0.25, 0.3) is 0 Å². The fourth-order valence-electron chi connectivity index (χ4n) is 2.35. The first kappa shape index (κ1) is 14.9. The Morgan fingerprint density at radius 2 is 1.74 bits per heavy atom. The summed E-state index contributed by atoms with van der Waals surface area (Å²) in [5.74, 6) is 0.404. The van der Waals surface area contributed by atoms with Gasteiger partial charge < -0.3 is 5.73 Å². The number of nitrogens with one attached hydrogen (secondary N) is 1. The first-order valence-electron chi connectivity index (χ1n) is 6.14. The van der Waals surface area contributed by atoms with Crippen molar-refractivity contribution in [3.05, 3.63) is 22.2 Å². The highest BCUT2D eigenvalue weighted by Crippen LogP contribution is 2.32. The molecular weight excluding hydrogens is 307 g/mol. The highest BCUT2D eigenvalue weighted by molar-refractivity contribution is 7.89. The van der Waals surface area contributed by atoms with Gasteiger partial charge in [0.1, 0.15) is 4.90 Å². The third kappa shape index (κ3) is 3.54. The van der Waals surface area contributed by atoms with Gasteiger partial charge in [-0.3, -0.25) is 0 Å². The minimum Gasteiger partial charge on any atom is -0.399 e. The molecule has 19 heavy (non-hydrogen) atoms. The smallest absolute Gasteiger partial charge is 0.243 e. The second kappa shape index (κ2) is 5.87. The molecule has 0 unspecified atom stereocenters. The molecule has 1 aliphatic rings. The molecule has 0 aromatic heterocycles. The number of hydrogen-bond donors (Lipinski definition) is 2. The Hall–Kier alpha value is -0.490. The predicted octanol–water partition coefficient (Wildman–Crippen LogP) is 3.04. The van der Waals surface area contributed by atoms with Gasteiger partial charge in [-0.2, -0.15) is 0 Å². The summed E-state index contributed by atoms with van der Waals surface area (Å²) >= 11 is 11.9. The van der Waals surface area contributed by atoms with E-state index in [4.69, 9.17) is 28.9 Å². The fraction of sp³-hybridized carbons (Fsp3) is 0.500. The summed E-state index contributed by atoms with van der Waals surface area (Å²) < 4.78 is 27.0. The van der Waals surface area contributed by atoms with Gasteiger partial charge in [-0.25, -0.2) is 13.1 Å². The molecule has 2 rings (SSSR count). The lowest BCUT2D eigenvalue weighted by Gasteiger charge is -2.13. The Bertz CT molecular complexity index is 546. The van der Waals surface area contributed by atoms with Gasteiger partial charge in [0.2, 0.25) is 10.0 Å². The van der Waals surface area contributed by atoms with Gasteiger partial charge in [0.25, 0.3) is 0 Å². The van der Waals surface area contributed by atoms with E-state index in [1.165, 1.54) is 12.1 Å². The normalized spacial score (nSPS) is 16.9. The molecule has 1 aromatic carbocycles. The first-order chi connectivity index (χ1) is 8.90. The molecule has 7 heteroatoms. The third-order valence-electron chi connectivity index (χ3n) is 3.33.